The molecule has 0 aromatic carbocycles. The number of hydrogen-bond donors (Lipinski definition) is 2. The van der Waals surface area contributed by atoms with Crippen LogP contribution in [0.2, 0.25) is 0 Å². The van der Waals surface area contributed by atoms with Gasteiger partial charge in [0.25, 0.3) is 0 Å². The van der Waals surface area contributed by atoms with Crippen molar-refractivity contribution in [2.24, 2.45) is 0 Å². The number of aryl methyl sites for hydroxylation is 1. The topological polar surface area (TPSA) is 49.8 Å². The quantitative estimate of drug-likeness (QED) is 0.800. The molecule has 1 atom stereocenters. The van der Waals surface area contributed by atoms with Crippen molar-refractivity contribution >= 4 is 35.2 Å². The fraction of sp³-hybridized carbons (Fsp3) is 0.733. The molecular formula is C15H26N4S2. The van der Waals surface area contributed by atoms with E-state index in [-0.39, 0.29) is 0 Å². The molecule has 4 nitrogen and oxygen atoms in total. The number of hydrogen-bond acceptors (Lipinski definition) is 6. The largest absolute Gasteiger partial charge is 0.370 e. The van der Waals surface area contributed by atoms with Crippen LogP contribution in [0.4, 0.5) is 11.6 Å². The van der Waals surface area contributed by atoms with E-state index in [1.807, 2.05) is 0 Å². The predicted octanol–water partition coefficient (Wildman–Crippen LogP) is 3.43. The van der Waals surface area contributed by atoms with Crippen molar-refractivity contribution in [2.45, 2.75) is 38.9 Å². The van der Waals surface area contributed by atoms with Crippen LogP contribution in [0.1, 0.15) is 31.7 Å². The van der Waals surface area contributed by atoms with Gasteiger partial charge < -0.3 is 10.6 Å². The van der Waals surface area contributed by atoms with Crippen LogP contribution in [0.25, 0.3) is 0 Å². The highest BCUT2D eigenvalue weighted by Crippen LogP contribution is 2.25. The first-order valence-corrected chi connectivity index (χ1v) is 9.99. The Morgan fingerprint density at radius 2 is 1.90 bits per heavy atom. The maximum atomic E-state index is 4.67. The Morgan fingerprint density at radius 1 is 1.14 bits per heavy atom. The van der Waals surface area contributed by atoms with Gasteiger partial charge in [0.15, 0.2) is 0 Å². The van der Waals surface area contributed by atoms with E-state index in [9.17, 15) is 0 Å². The molecule has 1 aliphatic heterocycles. The summed E-state index contributed by atoms with van der Waals surface area (Å²) < 4.78 is 0. The molecule has 1 aliphatic rings. The molecule has 0 spiro atoms. The first-order chi connectivity index (χ1) is 10.2. The molecule has 0 bridgehead atoms. The van der Waals surface area contributed by atoms with Gasteiger partial charge in [0.05, 0.1) is 0 Å². The summed E-state index contributed by atoms with van der Waals surface area (Å²) in [5, 5.41) is 7.65. The van der Waals surface area contributed by atoms with Crippen molar-refractivity contribution in [1.29, 1.82) is 0 Å². The Hall–Kier alpha value is -0.620. The lowest BCUT2D eigenvalue weighted by Crippen LogP contribution is -2.24. The van der Waals surface area contributed by atoms with Crippen molar-refractivity contribution in [1.82, 2.24) is 9.97 Å². The van der Waals surface area contributed by atoms with Crippen LogP contribution in [-0.2, 0) is 6.42 Å². The second kappa shape index (κ2) is 8.73. The summed E-state index contributed by atoms with van der Waals surface area (Å²) >= 11 is 4.13. The summed E-state index contributed by atoms with van der Waals surface area (Å²) in [7, 11) is 0. The summed E-state index contributed by atoms with van der Waals surface area (Å²) in [6.45, 7) is 8.32. The van der Waals surface area contributed by atoms with E-state index in [2.05, 4.69) is 64.9 Å². The highest BCUT2D eigenvalue weighted by Gasteiger charge is 2.16. The molecule has 2 heterocycles. The number of anilines is 2. The van der Waals surface area contributed by atoms with Crippen LogP contribution in [0.15, 0.2) is 0 Å². The SMILES string of the molecule is CCCNc1nc(CC)nc(NCC2CSCCS2)c1C. The Kier molecular flexibility index (Phi) is 6.96. The second-order valence-electron chi connectivity index (χ2n) is 5.19. The van der Waals surface area contributed by atoms with E-state index in [1.54, 1.807) is 0 Å². The lowest BCUT2D eigenvalue weighted by molar-refractivity contribution is 0.898. The minimum Gasteiger partial charge on any atom is -0.370 e. The van der Waals surface area contributed by atoms with Gasteiger partial charge in [-0.05, 0) is 13.3 Å². The molecule has 0 amide bonds. The smallest absolute Gasteiger partial charge is 0.134 e. The molecule has 1 unspecified atom stereocenters. The molecule has 21 heavy (non-hydrogen) atoms. The van der Waals surface area contributed by atoms with Crippen molar-refractivity contribution in [3.05, 3.63) is 11.4 Å². The molecule has 1 aromatic rings. The van der Waals surface area contributed by atoms with Crippen LogP contribution in [0.5, 0.6) is 0 Å². The highest BCUT2D eigenvalue weighted by atomic mass is 32.2. The highest BCUT2D eigenvalue weighted by molar-refractivity contribution is 8.06. The van der Waals surface area contributed by atoms with E-state index in [4.69, 9.17) is 0 Å². The third kappa shape index (κ3) is 4.95. The molecule has 6 heteroatoms. The van der Waals surface area contributed by atoms with Gasteiger partial charge in [-0.2, -0.15) is 23.5 Å². The second-order valence-corrected chi connectivity index (χ2v) is 7.75. The van der Waals surface area contributed by atoms with Crippen molar-refractivity contribution in [3.8, 4) is 0 Å². The Morgan fingerprint density at radius 3 is 2.52 bits per heavy atom. The minimum absolute atomic E-state index is 0.690. The van der Waals surface area contributed by atoms with Gasteiger partial charge in [-0.3, -0.25) is 0 Å². The average Bonchev–Trinajstić information content (AvgIpc) is 2.53. The Balaban J connectivity index is 2.05. The van der Waals surface area contributed by atoms with Gasteiger partial charge in [0.2, 0.25) is 0 Å². The van der Waals surface area contributed by atoms with E-state index in [0.29, 0.717) is 5.25 Å². The lowest BCUT2D eigenvalue weighted by Gasteiger charge is -2.22. The van der Waals surface area contributed by atoms with Crippen LogP contribution in [-0.4, -0.2) is 45.6 Å². The van der Waals surface area contributed by atoms with Crippen molar-refractivity contribution in [2.75, 3.05) is 41.0 Å². The third-order valence-corrected chi connectivity index (χ3v) is 6.28. The van der Waals surface area contributed by atoms with Crippen LogP contribution in [0, 0.1) is 6.92 Å². The van der Waals surface area contributed by atoms with Crippen molar-refractivity contribution < 1.29 is 0 Å². The monoisotopic (exact) mass is 326 g/mol. The molecule has 0 radical (unpaired) electrons. The predicted molar refractivity (Wildman–Crippen MR) is 97.0 cm³/mol. The van der Waals surface area contributed by atoms with Gasteiger partial charge in [-0.25, -0.2) is 9.97 Å². The number of thioether (sulfide) groups is 2. The first kappa shape index (κ1) is 16.7. The summed E-state index contributed by atoms with van der Waals surface area (Å²) in [4.78, 5) is 9.28. The summed E-state index contributed by atoms with van der Waals surface area (Å²) in [6.07, 6.45) is 1.97. The van der Waals surface area contributed by atoms with E-state index in [1.165, 1.54) is 17.3 Å². The van der Waals surface area contributed by atoms with Gasteiger partial charge in [-0.1, -0.05) is 13.8 Å². The van der Waals surface area contributed by atoms with E-state index < -0.39 is 0 Å². The number of nitrogens with one attached hydrogen (secondary N) is 2. The van der Waals surface area contributed by atoms with E-state index >= 15 is 0 Å². The summed E-state index contributed by atoms with van der Waals surface area (Å²) in [5.74, 6) is 6.69. The zero-order valence-electron chi connectivity index (χ0n) is 13.2. The number of rotatable bonds is 7. The molecule has 1 fully saturated rings. The van der Waals surface area contributed by atoms with E-state index in [0.717, 1.165) is 49.0 Å². The molecule has 2 N–H and O–H groups in total. The minimum atomic E-state index is 0.690. The standard InChI is InChI=1S/C15H26N4S2/c1-4-6-16-14-11(3)15(19-13(5-2)18-14)17-9-12-10-20-7-8-21-12/h12H,4-10H2,1-3H3,(H2,16,17,18,19). The van der Waals surface area contributed by atoms with Crippen LogP contribution < -0.4 is 10.6 Å². The van der Waals surface area contributed by atoms with Gasteiger partial charge >= 0.3 is 0 Å². The normalized spacial score (nSPS) is 18.5. The van der Waals surface area contributed by atoms with Gasteiger partial charge in [-0.15, -0.1) is 0 Å². The lowest BCUT2D eigenvalue weighted by atomic mass is 10.2. The average molecular weight is 327 g/mol. The molecule has 1 saturated heterocycles. The fourth-order valence-electron chi connectivity index (χ4n) is 2.17. The zero-order valence-corrected chi connectivity index (χ0v) is 14.9. The molecular weight excluding hydrogens is 300 g/mol. The summed E-state index contributed by atoms with van der Waals surface area (Å²) in [5.41, 5.74) is 1.13. The molecule has 0 saturated carbocycles. The number of nitrogens with zero attached hydrogens (tertiary/aromatic N) is 2. The van der Waals surface area contributed by atoms with Gasteiger partial charge in [0.1, 0.15) is 17.5 Å². The van der Waals surface area contributed by atoms with Crippen LogP contribution in [0.3, 0.4) is 0 Å². The number of aromatic nitrogens is 2. The first-order valence-electron chi connectivity index (χ1n) is 7.79. The Labute approximate surface area is 136 Å². The maximum absolute atomic E-state index is 4.67. The van der Waals surface area contributed by atoms with Crippen molar-refractivity contribution in [3.63, 3.8) is 0 Å². The fourth-order valence-corrected chi connectivity index (χ4v) is 4.79. The third-order valence-electron chi connectivity index (χ3n) is 3.43. The zero-order chi connectivity index (χ0) is 15.1. The molecule has 0 aliphatic carbocycles. The summed E-state index contributed by atoms with van der Waals surface area (Å²) in [6, 6.07) is 0. The molecule has 1 aromatic heterocycles. The molecule has 118 valence electrons. The molecule has 2 rings (SSSR count). The Bertz CT molecular complexity index is 448. The maximum Gasteiger partial charge on any atom is 0.134 e. The van der Waals surface area contributed by atoms with Crippen LogP contribution >= 0.6 is 23.5 Å². The van der Waals surface area contributed by atoms with Gasteiger partial charge in [0, 0.05) is 47.6 Å².